The Morgan fingerprint density at radius 1 is 1.17 bits per heavy atom. The molecule has 1 unspecified atom stereocenters. The van der Waals surface area contributed by atoms with Crippen LogP contribution in [0.4, 0.5) is 0 Å². The van der Waals surface area contributed by atoms with Crippen LogP contribution in [0.15, 0.2) is 11.8 Å². The molecule has 0 aromatic heterocycles. The molecule has 3 heteroatoms. The number of nitrogens with zero attached hydrogens (tertiary/aromatic N) is 2. The molecule has 2 nitrogen and oxygen atoms in total. The van der Waals surface area contributed by atoms with Gasteiger partial charge in [0.1, 0.15) is 0 Å². The lowest BCUT2D eigenvalue weighted by molar-refractivity contribution is 0.0947. The van der Waals surface area contributed by atoms with Crippen LogP contribution in [0.2, 0.25) is 0 Å². The lowest BCUT2D eigenvalue weighted by atomic mass is 10.1. The summed E-state index contributed by atoms with van der Waals surface area (Å²) in [4.78, 5) is 4.49. The molecule has 0 fully saturated rings. The van der Waals surface area contributed by atoms with Crippen LogP contribution < -0.4 is 0 Å². The van der Waals surface area contributed by atoms with E-state index in [2.05, 4.69) is 51.5 Å². The van der Waals surface area contributed by atoms with Crippen molar-refractivity contribution in [2.75, 3.05) is 28.2 Å². The third kappa shape index (κ3) is 3.09. The van der Waals surface area contributed by atoms with Crippen molar-refractivity contribution in [3.63, 3.8) is 0 Å². The second-order valence-electron chi connectivity index (χ2n) is 3.98. The van der Waals surface area contributed by atoms with Crippen molar-refractivity contribution in [3.8, 4) is 0 Å². The fourth-order valence-corrected chi connectivity index (χ4v) is 1.91. The summed E-state index contributed by atoms with van der Waals surface area (Å²) in [7, 11) is 9.56. The fraction of sp³-hybridized carbons (Fsp3) is 0.778. The largest absolute Gasteiger partial charge is 0.294 e. The monoisotopic (exact) mass is 186 g/mol. The Morgan fingerprint density at radius 3 is 1.58 bits per heavy atom. The molecule has 12 heavy (non-hydrogen) atoms. The van der Waals surface area contributed by atoms with Gasteiger partial charge in [0.25, 0.3) is 0 Å². The SMILES string of the molecule is C=C([SiH3])C(C)C(N(C)C)N(C)C. The summed E-state index contributed by atoms with van der Waals surface area (Å²) in [5.41, 5.74) is 0. The van der Waals surface area contributed by atoms with Crippen molar-refractivity contribution in [1.29, 1.82) is 0 Å². The highest BCUT2D eigenvalue weighted by Gasteiger charge is 2.21. The third-order valence-corrected chi connectivity index (χ3v) is 3.19. The van der Waals surface area contributed by atoms with Gasteiger partial charge >= 0.3 is 0 Å². The van der Waals surface area contributed by atoms with Crippen molar-refractivity contribution in [3.05, 3.63) is 11.8 Å². The molecule has 0 heterocycles. The van der Waals surface area contributed by atoms with E-state index in [1.165, 1.54) is 5.20 Å². The number of rotatable bonds is 4. The van der Waals surface area contributed by atoms with Gasteiger partial charge in [-0.25, -0.2) is 0 Å². The van der Waals surface area contributed by atoms with Gasteiger partial charge in [-0.05, 0) is 28.2 Å². The van der Waals surface area contributed by atoms with Crippen LogP contribution in [0.1, 0.15) is 6.92 Å². The van der Waals surface area contributed by atoms with Crippen LogP contribution in [0.25, 0.3) is 0 Å². The highest BCUT2D eigenvalue weighted by molar-refractivity contribution is 6.21. The highest BCUT2D eigenvalue weighted by atomic mass is 28.1. The quantitative estimate of drug-likeness (QED) is 0.449. The first-order valence-electron chi connectivity index (χ1n) is 4.36. The molecule has 0 aliphatic carbocycles. The lowest BCUT2D eigenvalue weighted by Gasteiger charge is -2.35. The first-order chi connectivity index (χ1) is 5.37. The number of hydrogen-bond donors (Lipinski definition) is 0. The molecule has 0 rings (SSSR count). The molecule has 0 radical (unpaired) electrons. The van der Waals surface area contributed by atoms with Crippen LogP contribution in [0.5, 0.6) is 0 Å². The minimum absolute atomic E-state index is 0.481. The van der Waals surface area contributed by atoms with Crippen molar-refractivity contribution in [2.24, 2.45) is 5.92 Å². The maximum Gasteiger partial charge on any atom is 0.0672 e. The molecule has 72 valence electrons. The van der Waals surface area contributed by atoms with E-state index in [0.717, 1.165) is 10.2 Å². The van der Waals surface area contributed by atoms with Crippen molar-refractivity contribution >= 4 is 10.2 Å². The molecule has 0 aromatic carbocycles. The molecule has 1 atom stereocenters. The summed E-state index contributed by atoms with van der Waals surface area (Å²) in [5, 5.41) is 1.38. The summed E-state index contributed by atoms with van der Waals surface area (Å²) < 4.78 is 0. The van der Waals surface area contributed by atoms with Gasteiger partial charge in [-0.15, -0.1) is 6.58 Å². The lowest BCUT2D eigenvalue weighted by Crippen LogP contribution is -2.45. The molecule has 0 aliphatic rings. The molecule has 0 aliphatic heterocycles. The maximum absolute atomic E-state index is 4.05. The second kappa shape index (κ2) is 4.79. The van der Waals surface area contributed by atoms with Crippen molar-refractivity contribution < 1.29 is 0 Å². The fourth-order valence-electron chi connectivity index (χ4n) is 1.61. The molecule has 0 spiro atoms. The minimum Gasteiger partial charge on any atom is -0.294 e. The van der Waals surface area contributed by atoms with Gasteiger partial charge in [0.05, 0.1) is 6.17 Å². The Morgan fingerprint density at radius 2 is 1.50 bits per heavy atom. The van der Waals surface area contributed by atoms with E-state index in [1.54, 1.807) is 0 Å². The van der Waals surface area contributed by atoms with Crippen LogP contribution >= 0.6 is 0 Å². The molecule has 0 bridgehead atoms. The number of hydrogen-bond acceptors (Lipinski definition) is 2. The standard InChI is InChI=1S/C9H22N2Si/c1-7(8(2)12)9(10(3)4)11(5)6/h7,9H,2H2,1,3-6,12H3. The Labute approximate surface area is 79.7 Å². The normalized spacial score (nSPS) is 14.7. The van der Waals surface area contributed by atoms with Gasteiger partial charge in [0, 0.05) is 16.2 Å². The smallest absolute Gasteiger partial charge is 0.0672 e. The summed E-state index contributed by atoms with van der Waals surface area (Å²) in [6.07, 6.45) is 0.481. The highest BCUT2D eigenvalue weighted by Crippen LogP contribution is 2.15. The molecular weight excluding hydrogens is 164 g/mol. The van der Waals surface area contributed by atoms with E-state index in [1.807, 2.05) is 0 Å². The van der Waals surface area contributed by atoms with Gasteiger partial charge in [-0.3, -0.25) is 9.80 Å². The van der Waals surface area contributed by atoms with Crippen molar-refractivity contribution in [1.82, 2.24) is 9.80 Å². The van der Waals surface area contributed by atoms with E-state index in [0.29, 0.717) is 12.1 Å². The van der Waals surface area contributed by atoms with Crippen LogP contribution in [0, 0.1) is 5.92 Å². The van der Waals surface area contributed by atoms with Crippen LogP contribution in [-0.4, -0.2) is 54.4 Å². The maximum atomic E-state index is 4.05. The summed E-state index contributed by atoms with van der Waals surface area (Å²) in [6.45, 7) is 6.30. The van der Waals surface area contributed by atoms with E-state index >= 15 is 0 Å². The van der Waals surface area contributed by atoms with E-state index < -0.39 is 0 Å². The third-order valence-electron chi connectivity index (χ3n) is 2.28. The predicted molar refractivity (Wildman–Crippen MR) is 59.4 cm³/mol. The van der Waals surface area contributed by atoms with Crippen LogP contribution in [-0.2, 0) is 0 Å². The van der Waals surface area contributed by atoms with Gasteiger partial charge in [0.15, 0.2) is 0 Å². The van der Waals surface area contributed by atoms with E-state index in [9.17, 15) is 0 Å². The molecule has 0 saturated carbocycles. The predicted octanol–water partition coefficient (Wildman–Crippen LogP) is -0.0491. The average molecular weight is 186 g/mol. The van der Waals surface area contributed by atoms with Crippen LogP contribution in [0.3, 0.4) is 0 Å². The zero-order chi connectivity index (χ0) is 9.89. The molecular formula is C9H22N2Si. The Bertz CT molecular complexity index is 147. The Kier molecular flexibility index (Phi) is 4.75. The van der Waals surface area contributed by atoms with E-state index in [-0.39, 0.29) is 0 Å². The minimum atomic E-state index is 0.481. The van der Waals surface area contributed by atoms with Crippen molar-refractivity contribution in [2.45, 2.75) is 13.1 Å². The summed E-state index contributed by atoms with van der Waals surface area (Å²) in [6, 6.07) is 0. The van der Waals surface area contributed by atoms with Gasteiger partial charge in [-0.2, -0.15) is 0 Å². The van der Waals surface area contributed by atoms with Gasteiger partial charge in [0.2, 0.25) is 0 Å². The summed E-state index contributed by atoms with van der Waals surface area (Å²) in [5.74, 6) is 0.571. The Hall–Kier alpha value is -0.123. The topological polar surface area (TPSA) is 6.48 Å². The molecule has 0 saturated heterocycles. The average Bonchev–Trinajstić information content (AvgIpc) is 1.85. The molecule has 0 aromatic rings. The first-order valence-corrected chi connectivity index (χ1v) is 5.36. The van der Waals surface area contributed by atoms with Gasteiger partial charge in [-0.1, -0.05) is 12.1 Å². The zero-order valence-electron chi connectivity index (χ0n) is 9.26. The second-order valence-corrected chi connectivity index (χ2v) is 5.26. The molecule has 0 N–H and O–H groups in total. The summed E-state index contributed by atoms with van der Waals surface area (Å²) >= 11 is 0. The Balaban J connectivity index is 4.40. The van der Waals surface area contributed by atoms with Gasteiger partial charge < -0.3 is 0 Å². The molecule has 0 amide bonds. The first kappa shape index (κ1) is 11.9. The zero-order valence-corrected chi connectivity index (χ0v) is 11.3. The van der Waals surface area contributed by atoms with E-state index in [4.69, 9.17) is 0 Å².